The number of nitrogens with zero attached hydrogens (tertiary/aromatic N) is 2. The van der Waals surface area contributed by atoms with Gasteiger partial charge < -0.3 is 10.4 Å². The Morgan fingerprint density at radius 1 is 1.39 bits per heavy atom. The van der Waals surface area contributed by atoms with Gasteiger partial charge >= 0.3 is 0 Å². The van der Waals surface area contributed by atoms with Crippen LogP contribution in [0, 0.1) is 0 Å². The zero-order valence-corrected chi connectivity index (χ0v) is 11.6. The SMILES string of the molecule is CCc1cc(CNC2(CO)CCCCC2)n(C)n1. The Morgan fingerprint density at radius 3 is 2.67 bits per heavy atom. The van der Waals surface area contributed by atoms with E-state index in [1.807, 2.05) is 11.7 Å². The van der Waals surface area contributed by atoms with Crippen molar-refractivity contribution in [1.29, 1.82) is 0 Å². The Balaban J connectivity index is 1.98. The Bertz CT molecular complexity index is 380. The quantitative estimate of drug-likeness (QED) is 0.838. The zero-order valence-electron chi connectivity index (χ0n) is 11.6. The molecule has 4 nitrogen and oxygen atoms in total. The Kier molecular flexibility index (Phi) is 4.40. The van der Waals surface area contributed by atoms with Gasteiger partial charge in [0.1, 0.15) is 0 Å². The summed E-state index contributed by atoms with van der Waals surface area (Å²) in [5.41, 5.74) is 2.27. The molecule has 0 amide bonds. The molecule has 2 rings (SSSR count). The van der Waals surface area contributed by atoms with Crippen LogP contribution in [0.4, 0.5) is 0 Å². The van der Waals surface area contributed by atoms with Gasteiger partial charge in [0, 0.05) is 19.1 Å². The third kappa shape index (κ3) is 2.93. The third-order valence-corrected chi connectivity index (χ3v) is 4.15. The van der Waals surface area contributed by atoms with Crippen LogP contribution >= 0.6 is 0 Å². The number of aliphatic hydroxyl groups is 1. The van der Waals surface area contributed by atoms with E-state index >= 15 is 0 Å². The number of hydrogen-bond acceptors (Lipinski definition) is 3. The zero-order chi connectivity index (χ0) is 13.0. The van der Waals surface area contributed by atoms with Crippen molar-refractivity contribution in [1.82, 2.24) is 15.1 Å². The van der Waals surface area contributed by atoms with Crippen LogP contribution in [0.1, 0.15) is 50.4 Å². The number of aryl methyl sites for hydroxylation is 2. The summed E-state index contributed by atoms with van der Waals surface area (Å²) in [6.07, 6.45) is 6.89. The molecule has 0 spiro atoms. The van der Waals surface area contributed by atoms with Gasteiger partial charge in [0.05, 0.1) is 18.0 Å². The fourth-order valence-electron chi connectivity index (χ4n) is 2.81. The first-order valence-electron chi connectivity index (χ1n) is 7.07. The number of aromatic nitrogens is 2. The maximum Gasteiger partial charge on any atom is 0.0625 e. The summed E-state index contributed by atoms with van der Waals surface area (Å²) in [6.45, 7) is 3.16. The summed E-state index contributed by atoms with van der Waals surface area (Å²) in [4.78, 5) is 0. The highest BCUT2D eigenvalue weighted by atomic mass is 16.3. The molecule has 0 radical (unpaired) electrons. The van der Waals surface area contributed by atoms with E-state index in [-0.39, 0.29) is 12.1 Å². The highest BCUT2D eigenvalue weighted by Gasteiger charge is 2.30. The van der Waals surface area contributed by atoms with Gasteiger partial charge in [-0.25, -0.2) is 0 Å². The topological polar surface area (TPSA) is 50.1 Å². The van der Waals surface area contributed by atoms with Crippen LogP contribution in [-0.4, -0.2) is 27.0 Å². The standard InChI is InChI=1S/C14H25N3O/c1-3-12-9-13(17(2)16-12)10-15-14(11-18)7-5-4-6-8-14/h9,15,18H,3-8,10-11H2,1-2H3. The van der Waals surface area contributed by atoms with E-state index in [0.29, 0.717) is 0 Å². The highest BCUT2D eigenvalue weighted by molar-refractivity contribution is 5.10. The first-order chi connectivity index (χ1) is 8.69. The minimum Gasteiger partial charge on any atom is -0.394 e. The molecule has 0 bridgehead atoms. The Morgan fingerprint density at radius 2 is 2.11 bits per heavy atom. The smallest absolute Gasteiger partial charge is 0.0625 e. The largest absolute Gasteiger partial charge is 0.394 e. The van der Waals surface area contributed by atoms with Crippen molar-refractivity contribution in [3.63, 3.8) is 0 Å². The maximum atomic E-state index is 9.66. The normalized spacial score (nSPS) is 19.1. The van der Waals surface area contributed by atoms with Gasteiger partial charge in [-0.15, -0.1) is 0 Å². The first kappa shape index (κ1) is 13.6. The lowest BCUT2D eigenvalue weighted by molar-refractivity contribution is 0.119. The molecule has 1 aliphatic carbocycles. The molecule has 0 aromatic carbocycles. The van der Waals surface area contributed by atoms with Crippen LogP contribution in [0.3, 0.4) is 0 Å². The lowest BCUT2D eigenvalue weighted by atomic mass is 9.82. The molecule has 1 aromatic heterocycles. The molecule has 0 saturated heterocycles. The van der Waals surface area contributed by atoms with Crippen molar-refractivity contribution in [2.45, 2.75) is 57.5 Å². The minimum absolute atomic E-state index is 0.0606. The molecule has 0 atom stereocenters. The highest BCUT2D eigenvalue weighted by Crippen LogP contribution is 2.28. The molecule has 1 heterocycles. The predicted octanol–water partition coefficient (Wildman–Crippen LogP) is 1.77. The van der Waals surface area contributed by atoms with Crippen LogP contribution in [0.25, 0.3) is 0 Å². The molecular weight excluding hydrogens is 226 g/mol. The van der Waals surface area contributed by atoms with E-state index in [2.05, 4.69) is 23.4 Å². The van der Waals surface area contributed by atoms with E-state index in [1.54, 1.807) is 0 Å². The number of aliphatic hydroxyl groups excluding tert-OH is 1. The van der Waals surface area contributed by atoms with Gasteiger partial charge in [0.2, 0.25) is 0 Å². The van der Waals surface area contributed by atoms with Crippen LogP contribution in [0.5, 0.6) is 0 Å². The van der Waals surface area contributed by atoms with Crippen LogP contribution < -0.4 is 5.32 Å². The summed E-state index contributed by atoms with van der Waals surface area (Å²) < 4.78 is 1.94. The van der Waals surface area contributed by atoms with Crippen molar-refractivity contribution in [2.24, 2.45) is 7.05 Å². The molecule has 0 aliphatic heterocycles. The Labute approximate surface area is 109 Å². The second-order valence-corrected chi connectivity index (χ2v) is 5.46. The second kappa shape index (κ2) is 5.85. The molecule has 1 aromatic rings. The molecule has 18 heavy (non-hydrogen) atoms. The molecule has 0 unspecified atom stereocenters. The predicted molar refractivity (Wildman–Crippen MR) is 72.3 cm³/mol. The van der Waals surface area contributed by atoms with Gasteiger partial charge in [-0.3, -0.25) is 4.68 Å². The van der Waals surface area contributed by atoms with Crippen molar-refractivity contribution in [3.8, 4) is 0 Å². The van der Waals surface area contributed by atoms with Gasteiger partial charge in [0.15, 0.2) is 0 Å². The first-order valence-corrected chi connectivity index (χ1v) is 7.07. The number of rotatable bonds is 5. The third-order valence-electron chi connectivity index (χ3n) is 4.15. The summed E-state index contributed by atoms with van der Waals surface area (Å²) in [6, 6.07) is 2.15. The van der Waals surface area contributed by atoms with Gasteiger partial charge in [-0.05, 0) is 25.3 Å². The van der Waals surface area contributed by atoms with Crippen LogP contribution in [0.15, 0.2) is 6.07 Å². The van der Waals surface area contributed by atoms with E-state index < -0.39 is 0 Å². The monoisotopic (exact) mass is 251 g/mol. The average Bonchev–Trinajstić information content (AvgIpc) is 2.78. The van der Waals surface area contributed by atoms with Crippen LogP contribution in [0.2, 0.25) is 0 Å². The van der Waals surface area contributed by atoms with E-state index in [9.17, 15) is 5.11 Å². The van der Waals surface area contributed by atoms with Crippen molar-refractivity contribution >= 4 is 0 Å². The summed E-state index contributed by atoms with van der Waals surface area (Å²) in [7, 11) is 1.99. The summed E-state index contributed by atoms with van der Waals surface area (Å²) in [5.74, 6) is 0. The Hall–Kier alpha value is -0.870. The molecule has 1 aliphatic rings. The van der Waals surface area contributed by atoms with Crippen molar-refractivity contribution in [3.05, 3.63) is 17.5 Å². The summed E-state index contributed by atoms with van der Waals surface area (Å²) >= 11 is 0. The fraction of sp³-hybridized carbons (Fsp3) is 0.786. The fourth-order valence-corrected chi connectivity index (χ4v) is 2.81. The van der Waals surface area contributed by atoms with Crippen molar-refractivity contribution in [2.75, 3.05) is 6.61 Å². The van der Waals surface area contributed by atoms with E-state index in [1.165, 1.54) is 25.0 Å². The van der Waals surface area contributed by atoms with Gasteiger partial charge in [0.25, 0.3) is 0 Å². The second-order valence-electron chi connectivity index (χ2n) is 5.46. The lowest BCUT2D eigenvalue weighted by Gasteiger charge is -2.36. The molecule has 102 valence electrons. The number of hydrogen-bond donors (Lipinski definition) is 2. The molecule has 1 fully saturated rings. The van der Waals surface area contributed by atoms with E-state index in [4.69, 9.17) is 0 Å². The molecular formula is C14H25N3O. The van der Waals surface area contributed by atoms with Gasteiger partial charge in [-0.2, -0.15) is 5.10 Å². The lowest BCUT2D eigenvalue weighted by Crippen LogP contribution is -2.49. The molecule has 4 heteroatoms. The number of nitrogens with one attached hydrogen (secondary N) is 1. The summed E-state index contributed by atoms with van der Waals surface area (Å²) in [5, 5.41) is 17.7. The van der Waals surface area contributed by atoms with Gasteiger partial charge in [-0.1, -0.05) is 26.2 Å². The van der Waals surface area contributed by atoms with Crippen LogP contribution in [-0.2, 0) is 20.0 Å². The minimum atomic E-state index is -0.0606. The average molecular weight is 251 g/mol. The maximum absolute atomic E-state index is 9.66. The molecule has 2 N–H and O–H groups in total. The van der Waals surface area contributed by atoms with Crippen molar-refractivity contribution < 1.29 is 5.11 Å². The van der Waals surface area contributed by atoms with E-state index in [0.717, 1.165) is 31.5 Å². The molecule has 1 saturated carbocycles.